The number of aliphatic carboxylic acids is 1. The second kappa shape index (κ2) is 11.8. The quantitative estimate of drug-likeness (QED) is 0.324. The smallest absolute Gasteiger partial charge is 0.475 e. The number of benzene rings is 2. The molecule has 37 heavy (non-hydrogen) atoms. The van der Waals surface area contributed by atoms with Crippen molar-refractivity contribution in [3.8, 4) is 0 Å². The van der Waals surface area contributed by atoms with Crippen LogP contribution in [-0.2, 0) is 31.4 Å². The van der Waals surface area contributed by atoms with Crippen molar-refractivity contribution in [2.45, 2.75) is 41.5 Å². The minimum atomic E-state index is -5.08. The number of carboxylic acid groups (broad SMARTS) is 1. The summed E-state index contributed by atoms with van der Waals surface area (Å²) in [5.74, 6) is -2.70. The number of carbonyl (C=O) groups is 2. The van der Waals surface area contributed by atoms with Crippen LogP contribution in [0.15, 0.2) is 76.3 Å². The van der Waals surface area contributed by atoms with Gasteiger partial charge in [0.1, 0.15) is 4.21 Å². The van der Waals surface area contributed by atoms with Crippen LogP contribution in [0.4, 0.5) is 18.9 Å². The van der Waals surface area contributed by atoms with Crippen LogP contribution in [-0.4, -0.2) is 38.1 Å². The molecule has 198 valence electrons. The highest BCUT2D eigenvalue weighted by molar-refractivity contribution is 7.94. The normalized spacial score (nSPS) is 14.1. The molecule has 3 aromatic rings. The van der Waals surface area contributed by atoms with E-state index in [1.165, 1.54) is 16.9 Å². The van der Waals surface area contributed by atoms with Gasteiger partial charge in [-0.25, -0.2) is 13.2 Å². The van der Waals surface area contributed by atoms with Crippen LogP contribution < -0.4 is 10.0 Å². The summed E-state index contributed by atoms with van der Waals surface area (Å²) >= 11 is 1.17. The molecule has 0 atom stereocenters. The number of carboxylic acids is 1. The molecule has 0 unspecified atom stereocenters. The van der Waals surface area contributed by atoms with E-state index in [1.54, 1.807) is 29.6 Å². The fraction of sp³-hybridized carbons (Fsp3) is 0.280. The van der Waals surface area contributed by atoms with E-state index in [0.717, 1.165) is 31.2 Å². The largest absolute Gasteiger partial charge is 0.490 e. The number of anilines is 1. The number of hydrogen-bond donors (Lipinski definition) is 3. The van der Waals surface area contributed by atoms with Crippen molar-refractivity contribution >= 4 is 38.9 Å². The maximum Gasteiger partial charge on any atom is 0.490 e. The van der Waals surface area contributed by atoms with Gasteiger partial charge in [0.2, 0.25) is 5.91 Å². The molecule has 0 bridgehead atoms. The fourth-order valence-electron chi connectivity index (χ4n) is 3.56. The van der Waals surface area contributed by atoms with Crippen molar-refractivity contribution in [3.05, 3.63) is 83.2 Å². The molecule has 12 heteroatoms. The second-order valence-electron chi connectivity index (χ2n) is 8.35. The molecule has 1 aromatic heterocycles. The fourth-order valence-corrected chi connectivity index (χ4v) is 5.61. The Hall–Kier alpha value is -3.38. The molecule has 4 rings (SSSR count). The molecule has 1 fully saturated rings. The molecule has 0 spiro atoms. The molecule has 1 amide bonds. The average Bonchev–Trinajstić information content (AvgIpc) is 3.46. The van der Waals surface area contributed by atoms with Gasteiger partial charge in [0.15, 0.2) is 0 Å². The first kappa shape index (κ1) is 28.2. The highest BCUT2D eigenvalue weighted by atomic mass is 32.2. The molecular weight excluding hydrogens is 529 g/mol. The zero-order valence-corrected chi connectivity index (χ0v) is 21.1. The van der Waals surface area contributed by atoms with Gasteiger partial charge >= 0.3 is 12.1 Å². The number of hydrogen-bond acceptors (Lipinski definition) is 5. The predicted octanol–water partition coefficient (Wildman–Crippen LogP) is 4.96. The van der Waals surface area contributed by atoms with Crippen molar-refractivity contribution in [2.24, 2.45) is 0 Å². The third-order valence-electron chi connectivity index (χ3n) is 5.65. The zero-order valence-electron chi connectivity index (χ0n) is 19.5. The Morgan fingerprint density at radius 3 is 2.11 bits per heavy atom. The molecule has 1 aliphatic carbocycles. The Kier molecular flexibility index (Phi) is 8.98. The van der Waals surface area contributed by atoms with Crippen LogP contribution in [0.5, 0.6) is 0 Å². The zero-order chi connectivity index (χ0) is 27.1. The lowest BCUT2D eigenvalue weighted by Crippen LogP contribution is -2.35. The second-order valence-corrected chi connectivity index (χ2v) is 11.2. The van der Waals surface area contributed by atoms with E-state index in [1.807, 2.05) is 30.3 Å². The summed E-state index contributed by atoms with van der Waals surface area (Å²) in [4.78, 5) is 21.7. The molecule has 2 aromatic carbocycles. The topological polar surface area (TPSA) is 113 Å². The van der Waals surface area contributed by atoms with Crippen LogP contribution >= 0.6 is 11.3 Å². The number of carbonyl (C=O) groups excluding carboxylic acids is 1. The van der Waals surface area contributed by atoms with E-state index in [9.17, 15) is 26.4 Å². The number of aryl methyl sites for hydroxylation is 1. The van der Waals surface area contributed by atoms with Crippen LogP contribution in [0.2, 0.25) is 0 Å². The standard InChI is InChI=1S/C23H24N2O3S2.C2HF3O2/c26-22(24-16-4-8-18-6-2-1-3-7-18)23(14-15-23)19-10-12-20(13-11-19)25-30(27,28)21-9-5-17-29-21;3-2(4,5)1(6)7/h1-3,5-7,9-13,17,25H,4,8,14-16H2,(H,24,26);(H,6,7). The Labute approximate surface area is 216 Å². The minimum Gasteiger partial charge on any atom is -0.475 e. The Morgan fingerprint density at radius 2 is 1.59 bits per heavy atom. The lowest BCUT2D eigenvalue weighted by atomic mass is 9.94. The first-order valence-corrected chi connectivity index (χ1v) is 13.6. The van der Waals surface area contributed by atoms with Crippen molar-refractivity contribution in [1.82, 2.24) is 5.32 Å². The Morgan fingerprint density at radius 1 is 0.973 bits per heavy atom. The van der Waals surface area contributed by atoms with Crippen molar-refractivity contribution in [3.63, 3.8) is 0 Å². The van der Waals surface area contributed by atoms with E-state index in [4.69, 9.17) is 9.90 Å². The molecule has 1 aliphatic rings. The van der Waals surface area contributed by atoms with Gasteiger partial charge in [-0.1, -0.05) is 48.5 Å². The van der Waals surface area contributed by atoms with Gasteiger partial charge in [-0.05, 0) is 60.4 Å². The summed E-state index contributed by atoms with van der Waals surface area (Å²) in [5.41, 5.74) is 2.22. The molecule has 0 saturated heterocycles. The number of nitrogens with one attached hydrogen (secondary N) is 2. The van der Waals surface area contributed by atoms with Gasteiger partial charge in [-0.15, -0.1) is 11.3 Å². The number of alkyl halides is 3. The molecule has 3 N–H and O–H groups in total. The van der Waals surface area contributed by atoms with E-state index in [2.05, 4.69) is 22.2 Å². The number of sulfonamides is 1. The van der Waals surface area contributed by atoms with Crippen LogP contribution in [0.25, 0.3) is 0 Å². The lowest BCUT2D eigenvalue weighted by molar-refractivity contribution is -0.192. The number of halogens is 3. The predicted molar refractivity (Wildman–Crippen MR) is 134 cm³/mol. The van der Waals surface area contributed by atoms with Gasteiger partial charge in [-0.2, -0.15) is 13.2 Å². The summed E-state index contributed by atoms with van der Waals surface area (Å²) < 4.78 is 59.3. The molecule has 1 heterocycles. The number of thiophene rings is 1. The van der Waals surface area contributed by atoms with E-state index >= 15 is 0 Å². The van der Waals surface area contributed by atoms with Crippen LogP contribution in [0.3, 0.4) is 0 Å². The summed E-state index contributed by atoms with van der Waals surface area (Å²) in [6, 6.07) is 20.7. The molecule has 7 nitrogen and oxygen atoms in total. The van der Waals surface area contributed by atoms with E-state index in [0.29, 0.717) is 12.2 Å². The van der Waals surface area contributed by atoms with Gasteiger partial charge in [0.05, 0.1) is 5.41 Å². The number of amides is 1. The summed E-state index contributed by atoms with van der Waals surface area (Å²) in [5, 5.41) is 11.9. The minimum absolute atomic E-state index is 0.0578. The van der Waals surface area contributed by atoms with Crippen molar-refractivity contribution in [2.75, 3.05) is 11.3 Å². The van der Waals surface area contributed by atoms with Gasteiger partial charge in [0, 0.05) is 12.2 Å². The molecule has 1 saturated carbocycles. The van der Waals surface area contributed by atoms with Gasteiger partial charge < -0.3 is 10.4 Å². The van der Waals surface area contributed by atoms with Gasteiger partial charge in [0.25, 0.3) is 10.0 Å². The van der Waals surface area contributed by atoms with Crippen LogP contribution in [0.1, 0.15) is 30.4 Å². The first-order valence-electron chi connectivity index (χ1n) is 11.2. The Bertz CT molecular complexity index is 1290. The first-order chi connectivity index (χ1) is 17.4. The monoisotopic (exact) mass is 554 g/mol. The van der Waals surface area contributed by atoms with Gasteiger partial charge in [-0.3, -0.25) is 9.52 Å². The summed E-state index contributed by atoms with van der Waals surface area (Å²) in [6.07, 6.45) is -1.61. The third-order valence-corrected chi connectivity index (χ3v) is 8.43. The number of rotatable bonds is 9. The summed E-state index contributed by atoms with van der Waals surface area (Å²) in [7, 11) is -3.57. The Balaban J connectivity index is 0.000000479. The molecule has 0 aliphatic heterocycles. The highest BCUT2D eigenvalue weighted by Crippen LogP contribution is 2.48. The van der Waals surface area contributed by atoms with E-state index in [-0.39, 0.29) is 10.1 Å². The SMILES string of the molecule is O=C(NCCCc1ccccc1)C1(c2ccc(NS(=O)(=O)c3cccs3)cc2)CC1.O=C(O)C(F)(F)F. The molecular formula is C25H25F3N2O5S2. The van der Waals surface area contributed by atoms with Crippen molar-refractivity contribution < 1.29 is 36.3 Å². The van der Waals surface area contributed by atoms with Crippen molar-refractivity contribution in [1.29, 1.82) is 0 Å². The lowest BCUT2D eigenvalue weighted by Gasteiger charge is -2.16. The third kappa shape index (κ3) is 7.80. The van der Waals surface area contributed by atoms with E-state index < -0.39 is 27.6 Å². The molecule has 0 radical (unpaired) electrons. The maximum absolute atomic E-state index is 12.8. The average molecular weight is 555 g/mol. The maximum atomic E-state index is 12.8. The van der Waals surface area contributed by atoms with Crippen LogP contribution in [0, 0.1) is 0 Å². The highest BCUT2D eigenvalue weighted by Gasteiger charge is 2.51. The summed E-state index contributed by atoms with van der Waals surface area (Å²) in [6.45, 7) is 0.647.